The highest BCUT2D eigenvalue weighted by Gasteiger charge is 2.19. The molecule has 0 saturated carbocycles. The fraction of sp³-hybridized carbons (Fsp3) is 0.111. The van der Waals surface area contributed by atoms with Crippen molar-refractivity contribution in [3.05, 3.63) is 65.2 Å². The number of nitrogen functional groups attached to an aromatic ring is 1. The van der Waals surface area contributed by atoms with Crippen LogP contribution in [0.25, 0.3) is 0 Å². The largest absolute Gasteiger partial charge is 0.399 e. The number of hydrogen-bond acceptors (Lipinski definition) is 5. The third-order valence-electron chi connectivity index (χ3n) is 3.38. The standard InChI is InChI=1S/C18H18N4O3/c19-11-16(18(24)22-25)21-17(23)14-7-3-12(4-8-14)1-2-13-5-9-15(20)10-6-13/h3-10,16,25H,11,19-20H2,(H,21,23)(H,22,24)/t16-/m0/s1. The number of hydroxylamine groups is 1. The van der Waals surface area contributed by atoms with Crippen LogP contribution >= 0.6 is 0 Å². The molecule has 128 valence electrons. The van der Waals surface area contributed by atoms with Crippen molar-refractivity contribution in [3.63, 3.8) is 0 Å². The molecule has 0 heterocycles. The van der Waals surface area contributed by atoms with Crippen molar-refractivity contribution < 1.29 is 14.8 Å². The summed E-state index contributed by atoms with van der Waals surface area (Å²) in [6, 6.07) is 12.8. The lowest BCUT2D eigenvalue weighted by Gasteiger charge is -2.14. The number of nitrogens with one attached hydrogen (secondary N) is 2. The van der Waals surface area contributed by atoms with Crippen LogP contribution in [-0.2, 0) is 4.79 Å². The van der Waals surface area contributed by atoms with E-state index in [9.17, 15) is 9.59 Å². The Balaban J connectivity index is 2.05. The summed E-state index contributed by atoms with van der Waals surface area (Å²) in [5.74, 6) is 4.73. The number of rotatable bonds is 4. The van der Waals surface area contributed by atoms with Crippen LogP contribution in [0.2, 0.25) is 0 Å². The molecule has 7 N–H and O–H groups in total. The Bertz CT molecular complexity index is 805. The minimum absolute atomic E-state index is 0.136. The molecule has 0 aliphatic heterocycles. The Hall–Kier alpha value is -3.34. The first-order valence-electron chi connectivity index (χ1n) is 7.46. The van der Waals surface area contributed by atoms with Gasteiger partial charge in [-0.25, -0.2) is 5.48 Å². The second-order valence-electron chi connectivity index (χ2n) is 5.19. The molecule has 0 saturated heterocycles. The number of carbonyl (C=O) groups excluding carboxylic acids is 2. The molecule has 0 spiro atoms. The van der Waals surface area contributed by atoms with Crippen LogP contribution in [0.5, 0.6) is 0 Å². The number of anilines is 1. The minimum Gasteiger partial charge on any atom is -0.399 e. The Labute approximate surface area is 145 Å². The van der Waals surface area contributed by atoms with Crippen molar-refractivity contribution in [2.24, 2.45) is 5.73 Å². The topological polar surface area (TPSA) is 130 Å². The summed E-state index contributed by atoms with van der Waals surface area (Å²) in [5.41, 5.74) is 15.1. The zero-order valence-electron chi connectivity index (χ0n) is 13.3. The molecule has 0 radical (unpaired) electrons. The predicted octanol–water partition coefficient (Wildman–Crippen LogP) is 0.231. The lowest BCUT2D eigenvalue weighted by molar-refractivity contribution is -0.130. The van der Waals surface area contributed by atoms with Gasteiger partial charge in [-0.3, -0.25) is 14.8 Å². The van der Waals surface area contributed by atoms with E-state index in [1.54, 1.807) is 36.4 Å². The molecule has 25 heavy (non-hydrogen) atoms. The van der Waals surface area contributed by atoms with Crippen molar-refractivity contribution >= 4 is 17.5 Å². The third kappa shape index (κ3) is 5.07. The number of hydrogen-bond donors (Lipinski definition) is 5. The van der Waals surface area contributed by atoms with Crippen LogP contribution < -0.4 is 22.3 Å². The van der Waals surface area contributed by atoms with E-state index in [0.29, 0.717) is 11.3 Å². The highest BCUT2D eigenvalue weighted by atomic mass is 16.5. The van der Waals surface area contributed by atoms with Gasteiger partial charge in [0, 0.05) is 28.9 Å². The summed E-state index contributed by atoms with van der Waals surface area (Å²) >= 11 is 0. The van der Waals surface area contributed by atoms with Crippen molar-refractivity contribution in [3.8, 4) is 11.8 Å². The average Bonchev–Trinajstić information content (AvgIpc) is 2.65. The molecule has 2 aromatic carbocycles. The summed E-state index contributed by atoms with van der Waals surface area (Å²) in [5, 5.41) is 11.0. The molecule has 0 fully saturated rings. The van der Waals surface area contributed by atoms with Crippen LogP contribution in [-0.4, -0.2) is 29.6 Å². The summed E-state index contributed by atoms with van der Waals surface area (Å²) in [6.07, 6.45) is 0. The van der Waals surface area contributed by atoms with Gasteiger partial charge in [-0.2, -0.15) is 0 Å². The van der Waals surface area contributed by atoms with Gasteiger partial charge in [0.25, 0.3) is 11.8 Å². The number of benzene rings is 2. The zero-order chi connectivity index (χ0) is 18.2. The summed E-state index contributed by atoms with van der Waals surface area (Å²) in [7, 11) is 0. The predicted molar refractivity (Wildman–Crippen MR) is 93.5 cm³/mol. The van der Waals surface area contributed by atoms with E-state index in [-0.39, 0.29) is 6.54 Å². The third-order valence-corrected chi connectivity index (χ3v) is 3.38. The SMILES string of the molecule is NC[C@H](NC(=O)c1ccc(C#Cc2ccc(N)cc2)cc1)C(=O)NO. The smallest absolute Gasteiger partial charge is 0.267 e. The molecule has 0 bridgehead atoms. The maximum Gasteiger partial charge on any atom is 0.267 e. The first-order chi connectivity index (χ1) is 12.0. The van der Waals surface area contributed by atoms with Crippen LogP contribution in [0.4, 0.5) is 5.69 Å². The Kier molecular flexibility index (Phi) is 6.12. The lowest BCUT2D eigenvalue weighted by Crippen LogP contribution is -2.50. The quantitative estimate of drug-likeness (QED) is 0.236. The molecular weight excluding hydrogens is 320 g/mol. The van der Waals surface area contributed by atoms with E-state index < -0.39 is 17.9 Å². The van der Waals surface area contributed by atoms with Gasteiger partial charge < -0.3 is 16.8 Å². The maximum atomic E-state index is 12.1. The lowest BCUT2D eigenvalue weighted by atomic mass is 10.1. The number of amides is 2. The fourth-order valence-corrected chi connectivity index (χ4v) is 1.97. The minimum atomic E-state index is -1.01. The second-order valence-corrected chi connectivity index (χ2v) is 5.19. The Morgan fingerprint density at radius 3 is 2.00 bits per heavy atom. The maximum absolute atomic E-state index is 12.1. The van der Waals surface area contributed by atoms with Gasteiger partial charge in [0.2, 0.25) is 0 Å². The van der Waals surface area contributed by atoms with E-state index in [1.165, 1.54) is 5.48 Å². The van der Waals surface area contributed by atoms with Crippen molar-refractivity contribution in [2.75, 3.05) is 12.3 Å². The molecule has 0 aromatic heterocycles. The molecule has 7 nitrogen and oxygen atoms in total. The molecule has 2 rings (SSSR count). The van der Waals surface area contributed by atoms with Gasteiger partial charge >= 0.3 is 0 Å². The van der Waals surface area contributed by atoms with E-state index in [1.807, 2.05) is 12.1 Å². The normalized spacial score (nSPS) is 11.0. The van der Waals surface area contributed by atoms with Gasteiger partial charge in [-0.15, -0.1) is 0 Å². The van der Waals surface area contributed by atoms with Gasteiger partial charge in [0.1, 0.15) is 6.04 Å². The highest BCUT2D eigenvalue weighted by molar-refractivity contribution is 5.97. The second kappa shape index (κ2) is 8.49. The van der Waals surface area contributed by atoms with Gasteiger partial charge in [-0.1, -0.05) is 11.8 Å². The molecule has 0 unspecified atom stereocenters. The summed E-state index contributed by atoms with van der Waals surface area (Å²) in [4.78, 5) is 23.4. The molecule has 0 aliphatic carbocycles. The van der Waals surface area contributed by atoms with Crippen LogP contribution in [0.1, 0.15) is 21.5 Å². The average molecular weight is 338 g/mol. The molecule has 2 amide bonds. The number of carbonyl (C=O) groups is 2. The first kappa shape index (κ1) is 18.0. The monoisotopic (exact) mass is 338 g/mol. The molecular formula is C18H18N4O3. The molecule has 0 aliphatic rings. The first-order valence-corrected chi connectivity index (χ1v) is 7.46. The van der Waals surface area contributed by atoms with Crippen molar-refractivity contribution in [2.45, 2.75) is 6.04 Å². The highest BCUT2D eigenvalue weighted by Crippen LogP contribution is 2.06. The van der Waals surface area contributed by atoms with Gasteiger partial charge in [-0.05, 0) is 48.5 Å². The van der Waals surface area contributed by atoms with Crippen LogP contribution in [0, 0.1) is 11.8 Å². The summed E-state index contributed by atoms with van der Waals surface area (Å²) < 4.78 is 0. The van der Waals surface area contributed by atoms with Crippen molar-refractivity contribution in [1.29, 1.82) is 0 Å². The fourth-order valence-electron chi connectivity index (χ4n) is 1.97. The zero-order valence-corrected chi connectivity index (χ0v) is 13.3. The molecule has 1 atom stereocenters. The van der Waals surface area contributed by atoms with Gasteiger partial charge in [0.15, 0.2) is 0 Å². The Morgan fingerprint density at radius 1 is 1.00 bits per heavy atom. The summed E-state index contributed by atoms with van der Waals surface area (Å²) in [6.45, 7) is -0.136. The van der Waals surface area contributed by atoms with Crippen molar-refractivity contribution in [1.82, 2.24) is 10.8 Å². The molecule has 2 aromatic rings. The van der Waals surface area contributed by atoms with Crippen LogP contribution in [0.3, 0.4) is 0 Å². The molecule has 7 heteroatoms. The number of nitrogens with two attached hydrogens (primary N) is 2. The van der Waals surface area contributed by atoms with Crippen LogP contribution in [0.15, 0.2) is 48.5 Å². The van der Waals surface area contributed by atoms with E-state index in [2.05, 4.69) is 17.2 Å². The Morgan fingerprint density at radius 2 is 1.52 bits per heavy atom. The van der Waals surface area contributed by atoms with E-state index in [4.69, 9.17) is 16.7 Å². The van der Waals surface area contributed by atoms with E-state index in [0.717, 1.165) is 11.1 Å². The van der Waals surface area contributed by atoms with E-state index >= 15 is 0 Å². The van der Waals surface area contributed by atoms with Gasteiger partial charge in [0.05, 0.1) is 0 Å².